The van der Waals surface area contributed by atoms with Gasteiger partial charge in [-0.05, 0) is 66.2 Å². The second-order valence-electron chi connectivity index (χ2n) is 7.65. The van der Waals surface area contributed by atoms with E-state index in [0.717, 1.165) is 60.4 Å². The summed E-state index contributed by atoms with van der Waals surface area (Å²) in [6, 6.07) is 9.82. The standard InChI is InChI=1S/C22H24ClF3N2O2S/c1-15-10-17(14-21(29)30)12-18(11-15)31-28-8-6-27(7-9-28)5-4-16-2-3-19(20(23)13-16)22(24,25)26/h2-3,10-13H,4-9,14H2,1H3,(H,29,30). The third kappa shape index (κ3) is 7.14. The van der Waals surface area contributed by atoms with Crippen LogP contribution in [0.25, 0.3) is 0 Å². The van der Waals surface area contributed by atoms with Crippen molar-refractivity contribution in [2.24, 2.45) is 0 Å². The van der Waals surface area contributed by atoms with Crippen molar-refractivity contribution in [3.05, 3.63) is 63.7 Å². The lowest BCUT2D eigenvalue weighted by Crippen LogP contribution is -2.44. The quantitative estimate of drug-likeness (QED) is 0.564. The highest BCUT2D eigenvalue weighted by molar-refractivity contribution is 7.97. The number of hydrogen-bond acceptors (Lipinski definition) is 4. The minimum atomic E-state index is -4.44. The summed E-state index contributed by atoms with van der Waals surface area (Å²) >= 11 is 7.44. The third-order valence-corrected chi connectivity index (χ3v) is 6.47. The van der Waals surface area contributed by atoms with Crippen LogP contribution in [0, 0.1) is 6.92 Å². The van der Waals surface area contributed by atoms with E-state index in [4.69, 9.17) is 16.7 Å². The first kappa shape index (κ1) is 23.9. The van der Waals surface area contributed by atoms with E-state index < -0.39 is 17.7 Å². The highest BCUT2D eigenvalue weighted by atomic mass is 35.5. The fraction of sp³-hybridized carbons (Fsp3) is 0.409. The Labute approximate surface area is 189 Å². The Morgan fingerprint density at radius 1 is 1.10 bits per heavy atom. The van der Waals surface area contributed by atoms with Gasteiger partial charge in [-0.15, -0.1) is 0 Å². The number of hydrogen-bond donors (Lipinski definition) is 1. The smallest absolute Gasteiger partial charge is 0.417 e. The Morgan fingerprint density at radius 3 is 2.42 bits per heavy atom. The molecule has 1 aliphatic rings. The van der Waals surface area contributed by atoms with Gasteiger partial charge in [0.05, 0.1) is 17.0 Å². The van der Waals surface area contributed by atoms with E-state index >= 15 is 0 Å². The summed E-state index contributed by atoms with van der Waals surface area (Å²) in [4.78, 5) is 14.3. The van der Waals surface area contributed by atoms with Crippen molar-refractivity contribution in [3.8, 4) is 0 Å². The fourth-order valence-corrected chi connectivity index (χ4v) is 4.98. The van der Waals surface area contributed by atoms with Crippen molar-refractivity contribution in [1.29, 1.82) is 0 Å². The second-order valence-corrected chi connectivity index (χ2v) is 9.23. The normalized spacial score (nSPS) is 15.9. The van der Waals surface area contributed by atoms with E-state index in [-0.39, 0.29) is 11.4 Å². The summed E-state index contributed by atoms with van der Waals surface area (Å²) in [5.41, 5.74) is 1.82. The van der Waals surface area contributed by atoms with Crippen molar-refractivity contribution >= 4 is 29.5 Å². The number of piperazine rings is 1. The van der Waals surface area contributed by atoms with Gasteiger partial charge in [-0.3, -0.25) is 4.79 Å². The molecular formula is C22H24ClF3N2O2S. The van der Waals surface area contributed by atoms with Crippen LogP contribution in [0.2, 0.25) is 5.02 Å². The maximum Gasteiger partial charge on any atom is 0.417 e. The molecule has 1 heterocycles. The number of nitrogens with zero attached hydrogens (tertiary/aromatic N) is 2. The minimum absolute atomic E-state index is 0.0109. The molecule has 0 radical (unpaired) electrons. The number of halogens is 4. The van der Waals surface area contributed by atoms with Gasteiger partial charge in [0, 0.05) is 37.6 Å². The molecule has 0 unspecified atom stereocenters. The second kappa shape index (κ2) is 10.3. The van der Waals surface area contributed by atoms with Crippen LogP contribution in [0.1, 0.15) is 22.3 Å². The average Bonchev–Trinajstić information content (AvgIpc) is 2.65. The lowest BCUT2D eigenvalue weighted by molar-refractivity contribution is -0.138. The highest BCUT2D eigenvalue weighted by Crippen LogP contribution is 2.35. The zero-order valence-corrected chi connectivity index (χ0v) is 18.7. The number of benzene rings is 2. The van der Waals surface area contributed by atoms with Crippen LogP contribution >= 0.6 is 23.5 Å². The first-order chi connectivity index (χ1) is 14.6. The predicted octanol–water partition coefficient (Wildman–Crippen LogP) is 5.16. The number of alkyl halides is 3. The van der Waals surface area contributed by atoms with Crippen LogP contribution in [0.4, 0.5) is 13.2 Å². The van der Waals surface area contributed by atoms with Crippen molar-refractivity contribution in [2.75, 3.05) is 32.7 Å². The van der Waals surface area contributed by atoms with E-state index in [0.29, 0.717) is 6.42 Å². The molecular weight excluding hydrogens is 449 g/mol. The van der Waals surface area contributed by atoms with Crippen LogP contribution in [0.15, 0.2) is 41.3 Å². The summed E-state index contributed by atoms with van der Waals surface area (Å²) in [6.07, 6.45) is -3.78. The van der Waals surface area contributed by atoms with Crippen LogP contribution < -0.4 is 0 Å². The minimum Gasteiger partial charge on any atom is -0.481 e. The van der Waals surface area contributed by atoms with Gasteiger partial charge in [0.1, 0.15) is 0 Å². The molecule has 1 saturated heterocycles. The first-order valence-electron chi connectivity index (χ1n) is 9.93. The molecule has 0 saturated carbocycles. The Morgan fingerprint density at radius 2 is 1.81 bits per heavy atom. The SMILES string of the molecule is Cc1cc(CC(=O)O)cc(SN2CCN(CCc3ccc(C(F)(F)F)c(Cl)c3)CC2)c1. The maximum absolute atomic E-state index is 12.8. The molecule has 2 aromatic rings. The van der Waals surface area contributed by atoms with E-state index in [1.54, 1.807) is 11.9 Å². The molecule has 3 rings (SSSR count). The summed E-state index contributed by atoms with van der Waals surface area (Å²) in [5.74, 6) is -0.843. The van der Waals surface area contributed by atoms with Crippen molar-refractivity contribution < 1.29 is 23.1 Å². The number of aliphatic carboxylic acids is 1. The van der Waals surface area contributed by atoms with Crippen LogP contribution in [0.5, 0.6) is 0 Å². The molecule has 31 heavy (non-hydrogen) atoms. The van der Waals surface area contributed by atoms with Crippen LogP contribution in [0.3, 0.4) is 0 Å². The van der Waals surface area contributed by atoms with Gasteiger partial charge < -0.3 is 10.0 Å². The van der Waals surface area contributed by atoms with Crippen LogP contribution in [-0.2, 0) is 23.8 Å². The molecule has 4 nitrogen and oxygen atoms in total. The number of aryl methyl sites for hydroxylation is 1. The Hall–Kier alpha value is -1.74. The number of rotatable bonds is 7. The molecule has 1 N–H and O–H groups in total. The largest absolute Gasteiger partial charge is 0.481 e. The molecule has 1 aliphatic heterocycles. The summed E-state index contributed by atoms with van der Waals surface area (Å²) in [5, 5.41) is 8.76. The molecule has 0 spiro atoms. The molecule has 0 amide bonds. The maximum atomic E-state index is 12.8. The Balaban J connectivity index is 1.49. The van der Waals surface area contributed by atoms with E-state index in [1.807, 2.05) is 19.1 Å². The number of carbonyl (C=O) groups is 1. The van der Waals surface area contributed by atoms with E-state index in [2.05, 4.69) is 15.3 Å². The topological polar surface area (TPSA) is 43.8 Å². The van der Waals surface area contributed by atoms with E-state index in [1.165, 1.54) is 12.1 Å². The van der Waals surface area contributed by atoms with Gasteiger partial charge in [-0.1, -0.05) is 23.7 Å². The van der Waals surface area contributed by atoms with Crippen molar-refractivity contribution in [1.82, 2.24) is 9.21 Å². The number of carboxylic acids is 1. The van der Waals surface area contributed by atoms with Gasteiger partial charge in [-0.25, -0.2) is 4.31 Å². The molecule has 0 atom stereocenters. The third-order valence-electron chi connectivity index (χ3n) is 5.09. The lowest BCUT2D eigenvalue weighted by Gasteiger charge is -2.34. The Kier molecular flexibility index (Phi) is 7.91. The molecule has 0 aromatic heterocycles. The van der Waals surface area contributed by atoms with Gasteiger partial charge in [-0.2, -0.15) is 13.2 Å². The lowest BCUT2D eigenvalue weighted by atomic mass is 10.1. The zero-order valence-electron chi connectivity index (χ0n) is 17.1. The summed E-state index contributed by atoms with van der Waals surface area (Å²) in [6.45, 7) is 6.12. The Bertz CT molecular complexity index is 931. The van der Waals surface area contributed by atoms with Crippen molar-refractivity contribution in [3.63, 3.8) is 0 Å². The van der Waals surface area contributed by atoms with Gasteiger partial charge >= 0.3 is 12.1 Å². The monoisotopic (exact) mass is 472 g/mol. The van der Waals surface area contributed by atoms with E-state index in [9.17, 15) is 18.0 Å². The number of carboxylic acid groups (broad SMARTS) is 1. The van der Waals surface area contributed by atoms with Gasteiger partial charge in [0.15, 0.2) is 0 Å². The van der Waals surface area contributed by atoms with Crippen molar-refractivity contribution in [2.45, 2.75) is 30.8 Å². The molecule has 9 heteroatoms. The van der Waals surface area contributed by atoms with Gasteiger partial charge in [0.25, 0.3) is 0 Å². The zero-order chi connectivity index (χ0) is 22.6. The molecule has 0 aliphatic carbocycles. The fourth-order valence-electron chi connectivity index (χ4n) is 3.58. The first-order valence-corrected chi connectivity index (χ1v) is 11.1. The predicted molar refractivity (Wildman–Crippen MR) is 117 cm³/mol. The molecule has 0 bridgehead atoms. The summed E-state index contributed by atoms with van der Waals surface area (Å²) in [7, 11) is 0. The summed E-state index contributed by atoms with van der Waals surface area (Å²) < 4.78 is 40.7. The van der Waals surface area contributed by atoms with Crippen LogP contribution in [-0.4, -0.2) is 53.0 Å². The molecule has 168 valence electrons. The average molecular weight is 473 g/mol. The van der Waals surface area contributed by atoms with Gasteiger partial charge in [0.2, 0.25) is 0 Å². The highest BCUT2D eigenvalue weighted by Gasteiger charge is 2.33. The molecule has 1 fully saturated rings. The molecule has 2 aromatic carbocycles.